The molecule has 0 amide bonds. The Balaban J connectivity index is 0.00000121. The Hall–Kier alpha value is 0.160. The number of rotatable bonds is 2. The highest BCUT2D eigenvalue weighted by Gasteiger charge is 2.39. The zero-order valence-electron chi connectivity index (χ0n) is 13.1. The second-order valence-corrected chi connectivity index (χ2v) is 6.54. The molecule has 2 saturated heterocycles. The number of likely N-dealkylation sites (tertiary alicyclic amines) is 2. The van der Waals surface area contributed by atoms with Gasteiger partial charge in [-0.1, -0.05) is 25.0 Å². The smallest absolute Gasteiger partial charge is 0.101 e. The minimum atomic E-state index is -0.648. The van der Waals surface area contributed by atoms with Crippen LogP contribution in [-0.2, 0) is 0 Å². The fraction of sp³-hybridized carbons (Fsp3) is 0.875. The van der Waals surface area contributed by atoms with Crippen LogP contribution in [0, 0.1) is 0 Å². The number of nitrogens with zero attached hydrogens (tertiary/aromatic N) is 2. The molecule has 130 valence electrons. The lowest BCUT2D eigenvalue weighted by Gasteiger charge is -2.44. The highest BCUT2D eigenvalue weighted by atomic mass is 35.5. The minimum Gasteiger partial charge on any atom is -0.388 e. The maximum atomic E-state index is 10.5. The van der Waals surface area contributed by atoms with Crippen LogP contribution < -0.4 is 0 Å². The van der Waals surface area contributed by atoms with Gasteiger partial charge in [0, 0.05) is 0 Å². The third-order valence-electron chi connectivity index (χ3n) is 5.18. The van der Waals surface area contributed by atoms with Crippen LogP contribution in [0.15, 0.2) is 12.2 Å². The number of piperidine rings is 2. The number of halogens is 2. The van der Waals surface area contributed by atoms with Gasteiger partial charge in [-0.3, -0.25) is 9.80 Å². The second kappa shape index (κ2) is 9.45. The Labute approximate surface area is 146 Å². The fourth-order valence-electron chi connectivity index (χ4n) is 3.97. The molecule has 1 aliphatic carbocycles. The van der Waals surface area contributed by atoms with Crippen molar-refractivity contribution in [1.82, 2.24) is 9.80 Å². The molecule has 0 spiro atoms. The van der Waals surface area contributed by atoms with Gasteiger partial charge in [-0.25, -0.2) is 0 Å². The maximum absolute atomic E-state index is 10.5. The molecule has 6 heteroatoms. The van der Waals surface area contributed by atoms with Gasteiger partial charge in [0.1, 0.15) is 12.2 Å². The molecule has 0 radical (unpaired) electrons. The Bertz CT molecular complexity index is 313. The summed E-state index contributed by atoms with van der Waals surface area (Å²) in [4.78, 5) is 4.67. The van der Waals surface area contributed by atoms with Gasteiger partial charge < -0.3 is 10.2 Å². The van der Waals surface area contributed by atoms with E-state index >= 15 is 0 Å². The normalized spacial score (nSPS) is 37.2. The first-order chi connectivity index (χ1) is 9.77. The first kappa shape index (κ1) is 20.2. The molecule has 0 aromatic heterocycles. The van der Waals surface area contributed by atoms with E-state index in [1.807, 2.05) is 0 Å². The SMILES string of the molecule is Cl.Cl.O[C@@H]1[C@@H](O)[C@H](N2CCCCC2)C=C[C@H]1N1CCCCC1. The summed E-state index contributed by atoms with van der Waals surface area (Å²) in [5.74, 6) is 0. The number of aliphatic hydroxyl groups excluding tert-OH is 2. The van der Waals surface area contributed by atoms with Gasteiger partial charge in [0.25, 0.3) is 0 Å². The van der Waals surface area contributed by atoms with E-state index in [1.165, 1.54) is 38.5 Å². The van der Waals surface area contributed by atoms with E-state index in [-0.39, 0.29) is 36.9 Å². The van der Waals surface area contributed by atoms with Crippen molar-refractivity contribution in [1.29, 1.82) is 0 Å². The summed E-state index contributed by atoms with van der Waals surface area (Å²) in [6.45, 7) is 4.20. The van der Waals surface area contributed by atoms with Gasteiger partial charge in [-0.15, -0.1) is 24.8 Å². The number of hydrogen-bond acceptors (Lipinski definition) is 4. The lowest BCUT2D eigenvalue weighted by atomic mass is 9.88. The van der Waals surface area contributed by atoms with Crippen LogP contribution in [0.1, 0.15) is 38.5 Å². The zero-order valence-corrected chi connectivity index (χ0v) is 14.8. The summed E-state index contributed by atoms with van der Waals surface area (Å²) in [5, 5.41) is 21.0. The molecule has 2 heterocycles. The fourth-order valence-corrected chi connectivity index (χ4v) is 3.97. The summed E-state index contributed by atoms with van der Waals surface area (Å²) < 4.78 is 0. The first-order valence-electron chi connectivity index (χ1n) is 8.30. The van der Waals surface area contributed by atoms with Gasteiger partial charge in [0.05, 0.1) is 12.1 Å². The van der Waals surface area contributed by atoms with Crippen molar-refractivity contribution in [2.45, 2.75) is 62.8 Å². The van der Waals surface area contributed by atoms with Crippen molar-refractivity contribution >= 4 is 24.8 Å². The second-order valence-electron chi connectivity index (χ2n) is 6.54. The van der Waals surface area contributed by atoms with Gasteiger partial charge >= 0.3 is 0 Å². The van der Waals surface area contributed by atoms with Crippen LogP contribution in [0.5, 0.6) is 0 Å². The average Bonchev–Trinajstić information content (AvgIpc) is 2.52. The van der Waals surface area contributed by atoms with Crippen molar-refractivity contribution in [2.75, 3.05) is 26.2 Å². The summed E-state index contributed by atoms with van der Waals surface area (Å²) in [7, 11) is 0. The summed E-state index contributed by atoms with van der Waals surface area (Å²) in [6.07, 6.45) is 10.4. The Morgan fingerprint density at radius 3 is 1.23 bits per heavy atom. The maximum Gasteiger partial charge on any atom is 0.101 e. The van der Waals surface area contributed by atoms with Crippen LogP contribution in [0.2, 0.25) is 0 Å². The van der Waals surface area contributed by atoms with Crippen LogP contribution in [-0.4, -0.2) is 70.5 Å². The van der Waals surface area contributed by atoms with E-state index in [4.69, 9.17) is 0 Å². The third-order valence-corrected chi connectivity index (χ3v) is 5.18. The highest BCUT2D eigenvalue weighted by Crippen LogP contribution is 2.26. The standard InChI is InChI=1S/C16H28N2O2.2ClH/c19-15-13(17-9-3-1-4-10-17)7-8-14(16(15)20)18-11-5-2-6-12-18;;/h7-8,13-16,19-20H,1-6,9-12H2;2*1H/t13-,14-,15+,16+;;/m1../s1. The molecular weight excluding hydrogens is 323 g/mol. The van der Waals surface area contributed by atoms with E-state index in [9.17, 15) is 10.2 Å². The highest BCUT2D eigenvalue weighted by molar-refractivity contribution is 5.85. The number of aliphatic hydroxyl groups is 2. The molecule has 0 saturated carbocycles. The molecule has 0 bridgehead atoms. The first-order valence-corrected chi connectivity index (χ1v) is 8.30. The average molecular weight is 353 g/mol. The molecule has 3 rings (SSSR count). The molecule has 0 aromatic carbocycles. The predicted molar refractivity (Wildman–Crippen MR) is 94.1 cm³/mol. The molecule has 0 aromatic rings. The van der Waals surface area contributed by atoms with Crippen molar-refractivity contribution in [3.05, 3.63) is 12.2 Å². The summed E-state index contributed by atoms with van der Waals surface area (Å²) >= 11 is 0. The largest absolute Gasteiger partial charge is 0.388 e. The molecule has 4 atom stereocenters. The molecule has 2 aliphatic heterocycles. The van der Waals surface area contributed by atoms with Crippen molar-refractivity contribution in [2.24, 2.45) is 0 Å². The van der Waals surface area contributed by atoms with Crippen LogP contribution in [0.25, 0.3) is 0 Å². The van der Waals surface area contributed by atoms with E-state index < -0.39 is 12.2 Å². The molecule has 3 aliphatic rings. The molecule has 2 N–H and O–H groups in total. The zero-order chi connectivity index (χ0) is 13.9. The van der Waals surface area contributed by atoms with E-state index in [1.54, 1.807) is 0 Å². The topological polar surface area (TPSA) is 46.9 Å². The molecular formula is C16H30Cl2N2O2. The monoisotopic (exact) mass is 352 g/mol. The summed E-state index contributed by atoms with van der Waals surface area (Å²) in [6, 6.07) is 0.0117. The minimum absolute atomic E-state index is 0. The van der Waals surface area contributed by atoms with Crippen LogP contribution in [0.4, 0.5) is 0 Å². The molecule has 22 heavy (non-hydrogen) atoms. The predicted octanol–water partition coefficient (Wildman–Crippen LogP) is 1.83. The van der Waals surface area contributed by atoms with Crippen molar-refractivity contribution in [3.8, 4) is 0 Å². The van der Waals surface area contributed by atoms with Gasteiger partial charge in [-0.2, -0.15) is 0 Å². The van der Waals surface area contributed by atoms with Crippen molar-refractivity contribution in [3.63, 3.8) is 0 Å². The Morgan fingerprint density at radius 2 is 0.909 bits per heavy atom. The number of hydrogen-bond donors (Lipinski definition) is 2. The molecule has 0 unspecified atom stereocenters. The molecule has 2 fully saturated rings. The Morgan fingerprint density at radius 1 is 0.591 bits per heavy atom. The lowest BCUT2D eigenvalue weighted by molar-refractivity contribution is -0.0672. The van der Waals surface area contributed by atoms with Gasteiger partial charge in [0.15, 0.2) is 0 Å². The van der Waals surface area contributed by atoms with E-state index in [0.717, 1.165) is 26.2 Å². The molecule has 4 nitrogen and oxygen atoms in total. The Kier molecular flexibility index (Phi) is 8.68. The summed E-state index contributed by atoms with van der Waals surface area (Å²) in [5.41, 5.74) is 0. The van der Waals surface area contributed by atoms with E-state index in [0.29, 0.717) is 0 Å². The van der Waals surface area contributed by atoms with Gasteiger partial charge in [-0.05, 0) is 51.9 Å². The van der Waals surface area contributed by atoms with Crippen LogP contribution >= 0.6 is 24.8 Å². The van der Waals surface area contributed by atoms with Crippen LogP contribution in [0.3, 0.4) is 0 Å². The lowest BCUT2D eigenvalue weighted by Crippen LogP contribution is -2.58. The van der Waals surface area contributed by atoms with Crippen molar-refractivity contribution < 1.29 is 10.2 Å². The quantitative estimate of drug-likeness (QED) is 0.744. The third kappa shape index (κ3) is 4.37. The van der Waals surface area contributed by atoms with Gasteiger partial charge in [0.2, 0.25) is 0 Å². The van der Waals surface area contributed by atoms with E-state index in [2.05, 4.69) is 22.0 Å².